The van der Waals surface area contributed by atoms with Crippen LogP contribution in [-0.4, -0.2) is 38.5 Å². The van der Waals surface area contributed by atoms with E-state index in [2.05, 4.69) is 0 Å². The van der Waals surface area contributed by atoms with E-state index < -0.39 is 30.6 Å². The molecule has 2 aromatic rings. The normalized spacial score (nSPS) is 13.7. The molecule has 0 saturated carbocycles. The molecule has 0 spiro atoms. The van der Waals surface area contributed by atoms with Crippen LogP contribution in [0.2, 0.25) is 10.0 Å². The van der Waals surface area contributed by atoms with Crippen molar-refractivity contribution in [1.29, 1.82) is 0 Å². The molecule has 2 rings (SSSR count). The van der Waals surface area contributed by atoms with Crippen molar-refractivity contribution in [2.45, 2.75) is 62.8 Å². The van der Waals surface area contributed by atoms with Gasteiger partial charge in [-0.3, -0.25) is 4.31 Å². The number of rotatable bonds is 9. The van der Waals surface area contributed by atoms with Crippen molar-refractivity contribution >= 4 is 48.7 Å². The van der Waals surface area contributed by atoms with Crippen molar-refractivity contribution < 1.29 is 21.9 Å². The van der Waals surface area contributed by atoms with Gasteiger partial charge in [-0.25, -0.2) is 16.8 Å². The Kier molecular flexibility index (Phi) is 8.67. The summed E-state index contributed by atoms with van der Waals surface area (Å²) in [6.07, 6.45) is 0.571. The first kappa shape index (κ1) is 26.9. The largest absolute Gasteiger partial charge is 0.392 e. The number of nitrogens with zero attached hydrogens (tertiary/aromatic N) is 1. The molecule has 0 aromatic heterocycles. The number of aliphatic hydroxyl groups is 1. The van der Waals surface area contributed by atoms with Crippen molar-refractivity contribution in [3.05, 3.63) is 58.1 Å². The molecule has 32 heavy (non-hydrogen) atoms. The van der Waals surface area contributed by atoms with Crippen LogP contribution < -0.4 is 4.31 Å². The van der Waals surface area contributed by atoms with E-state index in [0.717, 1.165) is 0 Å². The van der Waals surface area contributed by atoms with Gasteiger partial charge in [0.15, 0.2) is 9.84 Å². The summed E-state index contributed by atoms with van der Waals surface area (Å²) in [5.41, 5.74) is 0.641. The van der Waals surface area contributed by atoms with Gasteiger partial charge in [0.1, 0.15) is 0 Å². The topological polar surface area (TPSA) is 91.8 Å². The van der Waals surface area contributed by atoms with E-state index in [0.29, 0.717) is 22.0 Å². The standard InChI is InChI=1S/C22H29Cl2NO5S2/c1-16(6-5-13-31(27,28)22(2,3)4)25(21-14-19(24)8-7-17(21)15-26)32(29,30)20-11-9-18(23)10-12-20/h7-12,14,16,26H,5-6,13,15H2,1-4H3. The van der Waals surface area contributed by atoms with E-state index in [1.54, 1.807) is 39.8 Å². The summed E-state index contributed by atoms with van der Waals surface area (Å²) >= 11 is 12.1. The van der Waals surface area contributed by atoms with Crippen LogP contribution in [0.4, 0.5) is 5.69 Å². The van der Waals surface area contributed by atoms with E-state index in [9.17, 15) is 21.9 Å². The molecule has 0 radical (unpaired) electrons. The zero-order valence-corrected chi connectivity index (χ0v) is 21.7. The van der Waals surface area contributed by atoms with Gasteiger partial charge in [-0.1, -0.05) is 29.3 Å². The van der Waals surface area contributed by atoms with Crippen molar-refractivity contribution in [3.63, 3.8) is 0 Å². The number of hydrogen-bond donors (Lipinski definition) is 1. The summed E-state index contributed by atoms with van der Waals surface area (Å²) < 4.78 is 52.5. The molecule has 1 N–H and O–H groups in total. The molecule has 0 amide bonds. The fraction of sp³-hybridized carbons (Fsp3) is 0.455. The average Bonchev–Trinajstić information content (AvgIpc) is 2.67. The second kappa shape index (κ2) is 10.3. The first-order chi connectivity index (χ1) is 14.7. The third kappa shape index (κ3) is 6.17. The Hall–Kier alpha value is -1.32. The minimum atomic E-state index is -4.06. The predicted octanol–water partition coefficient (Wildman–Crippen LogP) is 5.06. The third-order valence-corrected chi connectivity index (χ3v) is 10.3. The molecule has 2 aromatic carbocycles. The molecule has 6 nitrogen and oxygen atoms in total. The summed E-state index contributed by atoms with van der Waals surface area (Å²) in [4.78, 5) is 0.0277. The second-order valence-electron chi connectivity index (χ2n) is 8.61. The van der Waals surface area contributed by atoms with Crippen molar-refractivity contribution in [1.82, 2.24) is 0 Å². The molecule has 1 unspecified atom stereocenters. The maximum absolute atomic E-state index is 13.6. The first-order valence-corrected chi connectivity index (χ1v) is 14.0. The Morgan fingerprint density at radius 2 is 1.53 bits per heavy atom. The van der Waals surface area contributed by atoms with E-state index in [1.807, 2.05) is 0 Å². The number of halogens is 2. The van der Waals surface area contributed by atoms with Crippen LogP contribution in [0.15, 0.2) is 47.4 Å². The fourth-order valence-corrected chi connectivity index (χ4v) is 6.36. The monoisotopic (exact) mass is 521 g/mol. The SMILES string of the molecule is CC(CCCS(=O)(=O)C(C)(C)C)N(c1cc(Cl)ccc1CO)S(=O)(=O)c1ccc(Cl)cc1. The van der Waals surface area contributed by atoms with Gasteiger partial charge in [-0.2, -0.15) is 0 Å². The molecule has 0 aliphatic carbocycles. The highest BCUT2D eigenvalue weighted by atomic mass is 35.5. The van der Waals surface area contributed by atoms with Crippen LogP contribution in [0, 0.1) is 0 Å². The smallest absolute Gasteiger partial charge is 0.264 e. The molecule has 0 saturated heterocycles. The van der Waals surface area contributed by atoms with Crippen LogP contribution >= 0.6 is 23.2 Å². The Bertz CT molecular complexity index is 1140. The zero-order valence-electron chi connectivity index (χ0n) is 18.5. The van der Waals surface area contributed by atoms with Gasteiger partial charge in [0.25, 0.3) is 10.0 Å². The first-order valence-electron chi connectivity index (χ1n) is 10.1. The quantitative estimate of drug-likeness (QED) is 0.497. The Morgan fingerprint density at radius 1 is 0.969 bits per heavy atom. The molecule has 1 atom stereocenters. The van der Waals surface area contributed by atoms with E-state index in [-0.39, 0.29) is 29.4 Å². The second-order valence-corrected chi connectivity index (χ2v) is 14.2. The van der Waals surface area contributed by atoms with Crippen molar-refractivity contribution in [3.8, 4) is 0 Å². The van der Waals surface area contributed by atoms with Crippen LogP contribution in [0.25, 0.3) is 0 Å². The highest BCUT2D eigenvalue weighted by Crippen LogP contribution is 2.33. The maximum Gasteiger partial charge on any atom is 0.264 e. The molecule has 178 valence electrons. The maximum atomic E-state index is 13.6. The minimum absolute atomic E-state index is 0.0277. The molecule has 0 aliphatic rings. The van der Waals surface area contributed by atoms with Gasteiger partial charge < -0.3 is 5.11 Å². The van der Waals surface area contributed by atoms with E-state index in [1.165, 1.54) is 34.6 Å². The number of benzene rings is 2. The molecule has 0 heterocycles. The number of sulfone groups is 1. The highest BCUT2D eigenvalue weighted by Gasteiger charge is 2.33. The van der Waals surface area contributed by atoms with Crippen LogP contribution in [-0.2, 0) is 26.5 Å². The third-order valence-electron chi connectivity index (χ3n) is 5.19. The lowest BCUT2D eigenvalue weighted by molar-refractivity contribution is 0.282. The molecule has 0 fully saturated rings. The van der Waals surface area contributed by atoms with Crippen molar-refractivity contribution in [2.24, 2.45) is 0 Å². The number of anilines is 1. The van der Waals surface area contributed by atoms with Gasteiger partial charge in [0.2, 0.25) is 0 Å². The van der Waals surface area contributed by atoms with Gasteiger partial charge in [0, 0.05) is 21.7 Å². The van der Waals surface area contributed by atoms with Crippen molar-refractivity contribution in [2.75, 3.05) is 10.1 Å². The lowest BCUT2D eigenvalue weighted by Crippen LogP contribution is -2.40. The van der Waals surface area contributed by atoms with Crippen LogP contribution in [0.1, 0.15) is 46.1 Å². The fourth-order valence-electron chi connectivity index (χ4n) is 3.19. The summed E-state index contributed by atoms with van der Waals surface area (Å²) in [5, 5.41) is 10.5. The van der Waals surface area contributed by atoms with Gasteiger partial charge in [-0.15, -0.1) is 0 Å². The van der Waals surface area contributed by atoms with E-state index >= 15 is 0 Å². The minimum Gasteiger partial charge on any atom is -0.392 e. The average molecular weight is 523 g/mol. The lowest BCUT2D eigenvalue weighted by atomic mass is 10.1. The number of aliphatic hydroxyl groups excluding tert-OH is 1. The predicted molar refractivity (Wildman–Crippen MR) is 131 cm³/mol. The lowest BCUT2D eigenvalue weighted by Gasteiger charge is -2.32. The number of hydrogen-bond acceptors (Lipinski definition) is 5. The summed E-state index contributed by atoms with van der Waals surface area (Å²) in [6.45, 7) is 6.25. The van der Waals surface area contributed by atoms with E-state index in [4.69, 9.17) is 23.2 Å². The van der Waals surface area contributed by atoms with Crippen LogP contribution in [0.3, 0.4) is 0 Å². The Balaban J connectivity index is 2.47. The molecule has 10 heteroatoms. The summed E-state index contributed by atoms with van der Waals surface area (Å²) in [7, 11) is -7.40. The van der Waals surface area contributed by atoms with Gasteiger partial charge >= 0.3 is 0 Å². The summed E-state index contributed by atoms with van der Waals surface area (Å²) in [6, 6.07) is 9.81. The molecular formula is C22H29Cl2NO5S2. The van der Waals surface area contributed by atoms with Gasteiger partial charge in [0.05, 0.1) is 27.7 Å². The molecule has 0 aliphatic heterocycles. The Labute approximate surface area is 201 Å². The summed E-state index contributed by atoms with van der Waals surface area (Å²) in [5.74, 6) is -0.0575. The molecular weight excluding hydrogens is 493 g/mol. The molecule has 0 bridgehead atoms. The number of sulfonamides is 1. The van der Waals surface area contributed by atoms with Gasteiger partial charge in [-0.05, 0) is 76.9 Å². The highest BCUT2D eigenvalue weighted by molar-refractivity contribution is 7.93. The Morgan fingerprint density at radius 3 is 2.06 bits per heavy atom. The zero-order chi connectivity index (χ0) is 24.3. The van der Waals surface area contributed by atoms with Crippen LogP contribution in [0.5, 0.6) is 0 Å².